The zero-order valence-corrected chi connectivity index (χ0v) is 15.7. The first-order chi connectivity index (χ1) is 13.1. The van der Waals surface area contributed by atoms with E-state index in [1.54, 1.807) is 20.1 Å². The van der Waals surface area contributed by atoms with E-state index in [2.05, 4.69) is 19.4 Å². The highest BCUT2D eigenvalue weighted by Crippen LogP contribution is 2.43. The van der Waals surface area contributed by atoms with Crippen LogP contribution in [-0.2, 0) is 9.59 Å². The lowest BCUT2D eigenvalue weighted by Gasteiger charge is -2.27. The fourth-order valence-corrected chi connectivity index (χ4v) is 3.94. The lowest BCUT2D eigenvalue weighted by molar-refractivity contribution is -0.117. The molecule has 1 atom stereocenters. The first-order valence-corrected chi connectivity index (χ1v) is 9.36. The van der Waals surface area contributed by atoms with Crippen LogP contribution >= 0.6 is 11.7 Å². The van der Waals surface area contributed by atoms with Crippen molar-refractivity contribution in [3.8, 4) is 5.75 Å². The van der Waals surface area contributed by atoms with Crippen molar-refractivity contribution in [1.29, 1.82) is 0 Å². The highest BCUT2D eigenvalue weighted by Gasteiger charge is 2.30. The molecule has 0 unspecified atom stereocenters. The summed E-state index contributed by atoms with van der Waals surface area (Å²) in [6, 6.07) is 9.46. The molecule has 8 heteroatoms. The lowest BCUT2D eigenvalue weighted by Crippen LogP contribution is -2.24. The van der Waals surface area contributed by atoms with E-state index in [9.17, 15) is 9.59 Å². The van der Waals surface area contributed by atoms with Crippen molar-refractivity contribution in [2.24, 2.45) is 0 Å². The number of hydrogen-bond acceptors (Lipinski definition) is 6. The van der Waals surface area contributed by atoms with Crippen molar-refractivity contribution in [2.75, 3.05) is 17.7 Å². The third kappa shape index (κ3) is 3.12. The minimum absolute atomic E-state index is 0.0781. The Morgan fingerprint density at radius 3 is 2.96 bits per heavy atom. The smallest absolute Gasteiger partial charge is 0.225 e. The van der Waals surface area contributed by atoms with Gasteiger partial charge in [-0.1, -0.05) is 19.1 Å². The number of carbonyl (C=O) groups excluding carboxylic acids is 2. The van der Waals surface area contributed by atoms with Crippen molar-refractivity contribution in [3.63, 3.8) is 0 Å². The molecule has 1 aliphatic rings. The Morgan fingerprint density at radius 2 is 2.19 bits per heavy atom. The number of carbonyl (C=O) groups is 2. The van der Waals surface area contributed by atoms with Gasteiger partial charge in [-0.05, 0) is 29.3 Å². The Bertz CT molecular complexity index is 1050. The number of ether oxygens (including phenoxy) is 1. The average molecular weight is 382 g/mol. The van der Waals surface area contributed by atoms with Crippen LogP contribution in [0.3, 0.4) is 0 Å². The van der Waals surface area contributed by atoms with Crippen LogP contribution in [0.1, 0.15) is 36.8 Å². The van der Waals surface area contributed by atoms with E-state index >= 15 is 0 Å². The zero-order chi connectivity index (χ0) is 19.0. The number of amides is 2. The maximum Gasteiger partial charge on any atom is 0.225 e. The van der Waals surface area contributed by atoms with E-state index in [1.165, 1.54) is 0 Å². The first kappa shape index (κ1) is 17.4. The molecule has 27 heavy (non-hydrogen) atoms. The molecule has 7 nitrogen and oxygen atoms in total. The molecule has 0 saturated carbocycles. The van der Waals surface area contributed by atoms with Crippen LogP contribution in [0, 0.1) is 0 Å². The van der Waals surface area contributed by atoms with Crippen molar-refractivity contribution < 1.29 is 14.3 Å². The fraction of sp³-hybridized carbons (Fsp3) is 0.263. The number of fused-ring (bicyclic) bond motifs is 2. The van der Waals surface area contributed by atoms with Gasteiger partial charge in [0, 0.05) is 24.4 Å². The first-order valence-electron chi connectivity index (χ1n) is 8.63. The predicted molar refractivity (Wildman–Crippen MR) is 104 cm³/mol. The van der Waals surface area contributed by atoms with E-state index in [1.807, 2.05) is 24.3 Å². The molecule has 2 heterocycles. The Kier molecular flexibility index (Phi) is 4.49. The van der Waals surface area contributed by atoms with Crippen molar-refractivity contribution in [2.45, 2.75) is 25.7 Å². The van der Waals surface area contributed by atoms with Crippen LogP contribution in [0.15, 0.2) is 30.3 Å². The van der Waals surface area contributed by atoms with E-state index < -0.39 is 0 Å². The van der Waals surface area contributed by atoms with E-state index in [0.29, 0.717) is 30.0 Å². The summed E-state index contributed by atoms with van der Waals surface area (Å²) < 4.78 is 14.2. The fourth-order valence-electron chi connectivity index (χ4n) is 3.38. The summed E-state index contributed by atoms with van der Waals surface area (Å²) in [7, 11) is 1.56. The van der Waals surface area contributed by atoms with Gasteiger partial charge in [0.25, 0.3) is 0 Å². The van der Waals surface area contributed by atoms with Crippen molar-refractivity contribution in [1.82, 2.24) is 8.75 Å². The molecule has 1 aliphatic heterocycles. The largest absolute Gasteiger partial charge is 0.495 e. The highest BCUT2D eigenvalue weighted by molar-refractivity contribution is 7.00. The number of nitrogens with one attached hydrogen (secondary N) is 2. The monoisotopic (exact) mass is 382 g/mol. The Morgan fingerprint density at radius 1 is 1.33 bits per heavy atom. The SMILES string of the molecule is CCC(=O)Nc1cc2c(cc1OC)[C@H](c1cccc3nsnc13)CC(=O)N2. The number of anilines is 2. The number of hydrogen-bond donors (Lipinski definition) is 2. The summed E-state index contributed by atoms with van der Waals surface area (Å²) in [5, 5.41) is 5.73. The maximum absolute atomic E-state index is 12.4. The van der Waals surface area contributed by atoms with Gasteiger partial charge in [-0.2, -0.15) is 8.75 Å². The molecule has 0 fully saturated rings. The average Bonchev–Trinajstić information content (AvgIpc) is 3.15. The summed E-state index contributed by atoms with van der Waals surface area (Å²) in [4.78, 5) is 24.2. The summed E-state index contributed by atoms with van der Waals surface area (Å²) in [5.74, 6) is 0.197. The molecule has 2 aromatic carbocycles. The Hall–Kier alpha value is -3.00. The van der Waals surface area contributed by atoms with Crippen LogP contribution in [0.25, 0.3) is 11.0 Å². The number of benzene rings is 2. The molecule has 4 rings (SSSR count). The minimum Gasteiger partial charge on any atom is -0.495 e. The van der Waals surface area contributed by atoms with Gasteiger partial charge in [0.15, 0.2) is 0 Å². The van der Waals surface area contributed by atoms with Gasteiger partial charge in [0.1, 0.15) is 16.8 Å². The normalized spacial score (nSPS) is 15.9. The second-order valence-electron chi connectivity index (χ2n) is 6.33. The lowest BCUT2D eigenvalue weighted by atomic mass is 9.84. The molecule has 2 N–H and O–H groups in total. The van der Waals surface area contributed by atoms with Gasteiger partial charge in [-0.15, -0.1) is 0 Å². The number of rotatable bonds is 4. The van der Waals surface area contributed by atoms with Gasteiger partial charge < -0.3 is 15.4 Å². The second-order valence-corrected chi connectivity index (χ2v) is 6.85. The van der Waals surface area contributed by atoms with Crippen molar-refractivity contribution in [3.05, 3.63) is 41.5 Å². The van der Waals surface area contributed by atoms with E-state index in [4.69, 9.17) is 4.74 Å². The molecule has 0 spiro atoms. The van der Waals surface area contributed by atoms with Crippen LogP contribution in [0.2, 0.25) is 0 Å². The molecule has 0 aliphatic carbocycles. The van der Waals surface area contributed by atoms with Crippen LogP contribution in [0.4, 0.5) is 11.4 Å². The minimum atomic E-state index is -0.161. The standard InChI is InChI=1S/C19H18N4O3S/c1-3-17(24)21-15-9-14-12(7-16(15)26-2)11(8-18(25)20-14)10-5-4-6-13-19(10)23-27-22-13/h4-7,9,11H,3,8H2,1-2H3,(H,20,25)(H,21,24)/t11-/m0/s1. The summed E-state index contributed by atoms with van der Waals surface area (Å²) in [6.07, 6.45) is 0.668. The van der Waals surface area contributed by atoms with E-state index in [-0.39, 0.29) is 17.7 Å². The van der Waals surface area contributed by atoms with Gasteiger partial charge in [0.2, 0.25) is 11.8 Å². The molecule has 0 saturated heterocycles. The Balaban J connectivity index is 1.85. The molecular formula is C19H18N4O3S. The number of methoxy groups -OCH3 is 1. The number of aromatic nitrogens is 2. The van der Waals surface area contributed by atoms with Crippen LogP contribution < -0.4 is 15.4 Å². The molecule has 3 aromatic rings. The zero-order valence-electron chi connectivity index (χ0n) is 14.9. The van der Waals surface area contributed by atoms with Gasteiger partial charge >= 0.3 is 0 Å². The molecular weight excluding hydrogens is 364 g/mol. The Labute approximate surface area is 160 Å². The molecule has 0 radical (unpaired) electrons. The third-order valence-corrected chi connectivity index (χ3v) is 5.24. The second kappa shape index (κ2) is 6.96. The van der Waals surface area contributed by atoms with Gasteiger partial charge in [0.05, 0.1) is 24.5 Å². The maximum atomic E-state index is 12.4. The van der Waals surface area contributed by atoms with Crippen molar-refractivity contribution >= 4 is 46.0 Å². The van der Waals surface area contributed by atoms with Crippen LogP contribution in [-0.4, -0.2) is 27.7 Å². The van der Waals surface area contributed by atoms with E-state index in [0.717, 1.165) is 33.9 Å². The quantitative estimate of drug-likeness (QED) is 0.720. The molecule has 1 aromatic heterocycles. The number of nitrogens with zero attached hydrogens (tertiary/aromatic N) is 2. The van der Waals surface area contributed by atoms with Crippen LogP contribution in [0.5, 0.6) is 5.75 Å². The molecule has 138 valence electrons. The molecule has 0 bridgehead atoms. The third-order valence-electron chi connectivity index (χ3n) is 4.70. The topological polar surface area (TPSA) is 93.2 Å². The van der Waals surface area contributed by atoms with Gasteiger partial charge in [-0.25, -0.2) is 0 Å². The highest BCUT2D eigenvalue weighted by atomic mass is 32.1. The predicted octanol–water partition coefficient (Wildman–Crippen LogP) is 3.52. The van der Waals surface area contributed by atoms with Gasteiger partial charge in [-0.3, -0.25) is 9.59 Å². The molecule has 2 amide bonds. The summed E-state index contributed by atoms with van der Waals surface area (Å²) >= 11 is 1.16. The summed E-state index contributed by atoms with van der Waals surface area (Å²) in [6.45, 7) is 1.78. The summed E-state index contributed by atoms with van der Waals surface area (Å²) in [5.41, 5.74) is 4.74.